The van der Waals surface area contributed by atoms with Gasteiger partial charge >= 0.3 is 5.97 Å². The van der Waals surface area contributed by atoms with E-state index < -0.39 is 17.9 Å². The van der Waals surface area contributed by atoms with Crippen LogP contribution in [-0.2, 0) is 9.59 Å². The number of benzene rings is 1. The Morgan fingerprint density at radius 3 is 2.43 bits per heavy atom. The molecule has 0 aliphatic carbocycles. The molecule has 21 heavy (non-hydrogen) atoms. The maximum atomic E-state index is 11.8. The zero-order chi connectivity index (χ0) is 15.8. The number of rotatable bonds is 7. The van der Waals surface area contributed by atoms with E-state index in [1.54, 1.807) is 32.2 Å². The van der Waals surface area contributed by atoms with Gasteiger partial charge in [0, 0.05) is 6.08 Å². The standard InChI is InChI=1S/C16H21NO4/c1-4-11(2)15(16(19)20)17-14(18)10-7-12-5-8-13(21-3)9-6-12/h5-11,15H,4H2,1-3H3,(H,17,18)(H,19,20)/b10-7+. The molecule has 2 N–H and O–H groups in total. The van der Waals surface area contributed by atoms with Gasteiger partial charge in [0.2, 0.25) is 5.91 Å². The molecule has 1 amide bonds. The lowest BCUT2D eigenvalue weighted by Gasteiger charge is -2.19. The Morgan fingerprint density at radius 1 is 1.33 bits per heavy atom. The van der Waals surface area contributed by atoms with E-state index in [1.807, 2.05) is 19.1 Å². The molecule has 2 unspecified atom stereocenters. The molecule has 0 radical (unpaired) electrons. The van der Waals surface area contributed by atoms with Gasteiger partial charge in [-0.05, 0) is 29.7 Å². The number of carbonyl (C=O) groups is 2. The molecule has 0 saturated heterocycles. The summed E-state index contributed by atoms with van der Waals surface area (Å²) in [4.78, 5) is 22.9. The second-order valence-corrected chi connectivity index (χ2v) is 4.82. The first kappa shape index (κ1) is 16.8. The van der Waals surface area contributed by atoms with Crippen LogP contribution >= 0.6 is 0 Å². The minimum absolute atomic E-state index is 0.124. The van der Waals surface area contributed by atoms with Gasteiger partial charge in [0.05, 0.1) is 7.11 Å². The predicted molar refractivity (Wildman–Crippen MR) is 81.0 cm³/mol. The number of carboxylic acids is 1. The molecule has 0 aromatic heterocycles. The summed E-state index contributed by atoms with van der Waals surface area (Å²) in [7, 11) is 1.58. The topological polar surface area (TPSA) is 75.6 Å². The fourth-order valence-corrected chi connectivity index (χ4v) is 1.77. The third kappa shape index (κ3) is 5.30. The molecule has 0 fully saturated rings. The molecule has 2 atom stereocenters. The first-order valence-electron chi connectivity index (χ1n) is 6.83. The lowest BCUT2D eigenvalue weighted by molar-refractivity contribution is -0.142. The van der Waals surface area contributed by atoms with Crippen LogP contribution in [0.2, 0.25) is 0 Å². The monoisotopic (exact) mass is 291 g/mol. The highest BCUT2D eigenvalue weighted by molar-refractivity contribution is 5.94. The summed E-state index contributed by atoms with van der Waals surface area (Å²) in [6.07, 6.45) is 3.64. The number of carboxylic acid groups (broad SMARTS) is 1. The quantitative estimate of drug-likeness (QED) is 0.756. The summed E-state index contributed by atoms with van der Waals surface area (Å²) in [6, 6.07) is 6.33. The van der Waals surface area contributed by atoms with Gasteiger partial charge in [-0.3, -0.25) is 4.79 Å². The smallest absolute Gasteiger partial charge is 0.326 e. The molecule has 1 aromatic rings. The van der Waals surface area contributed by atoms with Gasteiger partial charge < -0.3 is 15.2 Å². The summed E-state index contributed by atoms with van der Waals surface area (Å²) in [6.45, 7) is 3.69. The van der Waals surface area contributed by atoms with Crippen molar-refractivity contribution in [3.63, 3.8) is 0 Å². The third-order valence-electron chi connectivity index (χ3n) is 3.32. The molecule has 0 saturated carbocycles. The van der Waals surface area contributed by atoms with Gasteiger partial charge in [-0.1, -0.05) is 32.4 Å². The number of nitrogens with one attached hydrogen (secondary N) is 1. The number of ether oxygens (including phenoxy) is 1. The van der Waals surface area contributed by atoms with Gasteiger partial charge in [0.1, 0.15) is 11.8 Å². The molecule has 0 heterocycles. The van der Waals surface area contributed by atoms with Crippen LogP contribution in [0.3, 0.4) is 0 Å². The van der Waals surface area contributed by atoms with Gasteiger partial charge in [-0.2, -0.15) is 0 Å². The van der Waals surface area contributed by atoms with Crippen LogP contribution in [0.5, 0.6) is 5.75 Å². The lowest BCUT2D eigenvalue weighted by atomic mass is 9.99. The molecule has 0 aliphatic heterocycles. The van der Waals surface area contributed by atoms with Gasteiger partial charge in [0.25, 0.3) is 0 Å². The summed E-state index contributed by atoms with van der Waals surface area (Å²) in [5.74, 6) is -0.825. The second kappa shape index (κ2) is 8.09. The molecule has 5 heteroatoms. The number of aliphatic carboxylic acids is 1. The van der Waals surface area contributed by atoms with E-state index in [1.165, 1.54) is 6.08 Å². The zero-order valence-corrected chi connectivity index (χ0v) is 12.5. The molecule has 5 nitrogen and oxygen atoms in total. The molecule has 114 valence electrons. The van der Waals surface area contributed by atoms with E-state index in [4.69, 9.17) is 9.84 Å². The molecular weight excluding hydrogens is 270 g/mol. The van der Waals surface area contributed by atoms with E-state index in [0.29, 0.717) is 6.42 Å². The van der Waals surface area contributed by atoms with Crippen molar-refractivity contribution in [3.05, 3.63) is 35.9 Å². The number of carbonyl (C=O) groups excluding carboxylic acids is 1. The summed E-state index contributed by atoms with van der Waals surface area (Å²) in [5.41, 5.74) is 0.835. The summed E-state index contributed by atoms with van der Waals surface area (Å²) < 4.78 is 5.04. The predicted octanol–water partition coefficient (Wildman–Crippen LogP) is 2.32. The molecule has 1 aromatic carbocycles. The Labute approximate surface area is 124 Å². The van der Waals surface area contributed by atoms with Crippen LogP contribution in [0.1, 0.15) is 25.8 Å². The minimum atomic E-state index is -1.02. The van der Waals surface area contributed by atoms with E-state index in [-0.39, 0.29) is 5.92 Å². The molecule has 0 aliphatic rings. The van der Waals surface area contributed by atoms with E-state index in [0.717, 1.165) is 11.3 Å². The molecule has 1 rings (SSSR count). The Kier molecular flexibility index (Phi) is 6.46. The fourth-order valence-electron chi connectivity index (χ4n) is 1.77. The normalized spacial score (nSPS) is 13.7. The van der Waals surface area contributed by atoms with Gasteiger partial charge in [0.15, 0.2) is 0 Å². The Hall–Kier alpha value is -2.30. The van der Waals surface area contributed by atoms with Crippen LogP contribution in [0.25, 0.3) is 6.08 Å². The largest absolute Gasteiger partial charge is 0.497 e. The summed E-state index contributed by atoms with van der Waals surface area (Å²) >= 11 is 0. The van der Waals surface area contributed by atoms with E-state index in [2.05, 4.69) is 5.32 Å². The first-order chi connectivity index (χ1) is 9.97. The second-order valence-electron chi connectivity index (χ2n) is 4.82. The van der Waals surface area contributed by atoms with Crippen molar-refractivity contribution in [2.75, 3.05) is 7.11 Å². The van der Waals surface area contributed by atoms with Crippen molar-refractivity contribution in [3.8, 4) is 5.75 Å². The van der Waals surface area contributed by atoms with Crippen LogP contribution in [-0.4, -0.2) is 30.1 Å². The lowest BCUT2D eigenvalue weighted by Crippen LogP contribution is -2.44. The van der Waals surface area contributed by atoms with Gasteiger partial charge in [-0.25, -0.2) is 4.79 Å². The Morgan fingerprint density at radius 2 is 1.95 bits per heavy atom. The maximum absolute atomic E-state index is 11.8. The SMILES string of the molecule is CCC(C)C(NC(=O)/C=C/c1ccc(OC)cc1)C(=O)O. The number of amides is 1. The molecule has 0 bridgehead atoms. The molecular formula is C16H21NO4. The first-order valence-corrected chi connectivity index (χ1v) is 6.83. The average molecular weight is 291 g/mol. The van der Waals surface area contributed by atoms with Crippen LogP contribution in [0, 0.1) is 5.92 Å². The minimum Gasteiger partial charge on any atom is -0.497 e. The third-order valence-corrected chi connectivity index (χ3v) is 3.32. The zero-order valence-electron chi connectivity index (χ0n) is 12.5. The van der Waals surface area contributed by atoms with Crippen molar-refractivity contribution in [2.45, 2.75) is 26.3 Å². The van der Waals surface area contributed by atoms with Crippen molar-refractivity contribution in [1.29, 1.82) is 0 Å². The van der Waals surface area contributed by atoms with E-state index >= 15 is 0 Å². The summed E-state index contributed by atoms with van der Waals surface area (Å²) in [5, 5.41) is 11.6. The van der Waals surface area contributed by atoms with Crippen molar-refractivity contribution in [1.82, 2.24) is 5.32 Å². The van der Waals surface area contributed by atoms with Gasteiger partial charge in [-0.15, -0.1) is 0 Å². The Balaban J connectivity index is 2.66. The number of methoxy groups -OCH3 is 1. The maximum Gasteiger partial charge on any atom is 0.326 e. The molecule has 0 spiro atoms. The highest BCUT2D eigenvalue weighted by Crippen LogP contribution is 2.12. The fraction of sp³-hybridized carbons (Fsp3) is 0.375. The van der Waals surface area contributed by atoms with Crippen molar-refractivity contribution >= 4 is 18.0 Å². The highest BCUT2D eigenvalue weighted by atomic mass is 16.5. The number of hydrogen-bond donors (Lipinski definition) is 2. The van der Waals surface area contributed by atoms with Crippen molar-refractivity contribution in [2.24, 2.45) is 5.92 Å². The van der Waals surface area contributed by atoms with Crippen LogP contribution < -0.4 is 10.1 Å². The van der Waals surface area contributed by atoms with E-state index in [9.17, 15) is 9.59 Å². The Bertz CT molecular complexity index is 508. The average Bonchev–Trinajstić information content (AvgIpc) is 2.50. The number of hydrogen-bond acceptors (Lipinski definition) is 3. The van der Waals surface area contributed by atoms with Crippen LogP contribution in [0.4, 0.5) is 0 Å². The highest BCUT2D eigenvalue weighted by Gasteiger charge is 2.24. The van der Waals surface area contributed by atoms with Crippen LogP contribution in [0.15, 0.2) is 30.3 Å². The van der Waals surface area contributed by atoms with Crippen molar-refractivity contribution < 1.29 is 19.4 Å².